The first-order valence-corrected chi connectivity index (χ1v) is 22.4. The van der Waals surface area contributed by atoms with Crippen molar-refractivity contribution in [2.45, 2.75) is 14.9 Å². The molecule has 10 rings (SSSR count). The van der Waals surface area contributed by atoms with Gasteiger partial charge in [-0.1, -0.05) is 224 Å². The standard InChI is InChI=1S/C28H19ClN2.C22H15BrN2.C6H5BClO2.2CH4/c29-25-16-8-14-23(18-25)22-13-7-15-24(17-22)28-30-26(20-9-3-1-4-10-20)19-27(31-28)21-11-5-2-6-12-21;23-19-13-7-12-18(14-19)22-24-20(16-8-3-1-4-9-16)15-21(25-22)17-10-5-2-6-11-17;8-5-2-1-3-6(4-5)10-7-9;;/h1-19H;1-15H;1-4,9H;2*1H4. The molecule has 0 fully saturated rings. The molecule has 2 heterocycles. The van der Waals surface area contributed by atoms with Crippen LogP contribution < -0.4 is 4.65 Å². The lowest BCUT2D eigenvalue weighted by molar-refractivity contribution is 0.454. The number of halogens is 3. The van der Waals surface area contributed by atoms with Gasteiger partial charge in [0.25, 0.3) is 0 Å². The fourth-order valence-electron chi connectivity index (χ4n) is 6.91. The number of hydrogen-bond acceptors (Lipinski definition) is 6. The third-order valence-electron chi connectivity index (χ3n) is 10.1. The average Bonchev–Trinajstić information content (AvgIpc) is 3.38. The fraction of sp³-hybridized carbons (Fsp3) is 0.0345. The van der Waals surface area contributed by atoms with Gasteiger partial charge in [0.1, 0.15) is 5.75 Å². The number of rotatable bonds is 9. The number of hydrogen-bond donors (Lipinski definition) is 1. The maximum absolute atomic E-state index is 8.22. The van der Waals surface area contributed by atoms with Crippen LogP contribution in [-0.4, -0.2) is 32.6 Å². The molecule has 0 aliphatic heterocycles. The first kappa shape index (κ1) is 50.2. The van der Waals surface area contributed by atoms with Gasteiger partial charge in [-0.2, -0.15) is 0 Å². The molecule has 10 aromatic rings. The second-order valence-electron chi connectivity index (χ2n) is 14.7. The van der Waals surface area contributed by atoms with Crippen molar-refractivity contribution < 1.29 is 9.68 Å². The van der Waals surface area contributed by atoms with Crippen LogP contribution in [0.25, 0.3) is 78.9 Å². The van der Waals surface area contributed by atoms with E-state index >= 15 is 0 Å². The molecule has 0 amide bonds. The van der Waals surface area contributed by atoms with Crippen LogP contribution in [0.15, 0.2) is 235 Å². The molecule has 2 aromatic heterocycles. The Hall–Kier alpha value is -7.20. The van der Waals surface area contributed by atoms with E-state index in [2.05, 4.69) is 93.4 Å². The summed E-state index contributed by atoms with van der Waals surface area (Å²) in [7, 11) is 0.617. The van der Waals surface area contributed by atoms with E-state index in [1.54, 1.807) is 24.3 Å². The Morgan fingerprint density at radius 1 is 0.353 bits per heavy atom. The minimum absolute atomic E-state index is 0. The first-order valence-electron chi connectivity index (χ1n) is 20.9. The molecule has 0 spiro atoms. The summed E-state index contributed by atoms with van der Waals surface area (Å²) in [5.74, 6) is 1.94. The van der Waals surface area contributed by atoms with Crippen LogP contribution >= 0.6 is 39.1 Å². The van der Waals surface area contributed by atoms with Gasteiger partial charge in [0, 0.05) is 47.9 Å². The quantitative estimate of drug-likeness (QED) is 0.145. The van der Waals surface area contributed by atoms with Crippen LogP contribution in [0.4, 0.5) is 0 Å². The summed E-state index contributed by atoms with van der Waals surface area (Å²) in [5, 5.41) is 9.52. The molecule has 0 unspecified atom stereocenters. The number of nitrogens with zero attached hydrogens (tertiary/aromatic N) is 4. The zero-order chi connectivity index (χ0) is 45.5. The molecule has 0 saturated heterocycles. The lowest BCUT2D eigenvalue weighted by atomic mass is 10.0. The SMILES string of the molecule is Brc1cccc(-c2nc(-c3ccccc3)cc(-c3ccccc3)n2)c1.C.C.Clc1cccc(-c2cccc(-c3nc(-c4ccccc4)cc(-c4ccccc4)n3)c2)c1.O[B]Oc1cccc(Cl)c1. The van der Waals surface area contributed by atoms with Crippen molar-refractivity contribution in [3.63, 3.8) is 0 Å². The van der Waals surface area contributed by atoms with E-state index in [4.69, 9.17) is 48.2 Å². The lowest BCUT2D eigenvalue weighted by Crippen LogP contribution is -1.98. The smallest absolute Gasteiger partial charge is 0.537 e. The molecule has 6 nitrogen and oxygen atoms in total. The molecule has 335 valence electrons. The van der Waals surface area contributed by atoms with Crippen molar-refractivity contribution in [1.82, 2.24) is 19.9 Å². The van der Waals surface area contributed by atoms with Gasteiger partial charge < -0.3 is 9.68 Å². The van der Waals surface area contributed by atoms with Crippen molar-refractivity contribution in [3.8, 4) is 84.7 Å². The van der Waals surface area contributed by atoms with Gasteiger partial charge in [0.2, 0.25) is 0 Å². The maximum atomic E-state index is 8.22. The van der Waals surface area contributed by atoms with Crippen molar-refractivity contribution in [2.24, 2.45) is 0 Å². The highest BCUT2D eigenvalue weighted by atomic mass is 79.9. The zero-order valence-electron chi connectivity index (χ0n) is 35.3. The third kappa shape index (κ3) is 13.7. The zero-order valence-corrected chi connectivity index (χ0v) is 38.4. The summed E-state index contributed by atoms with van der Waals surface area (Å²) < 4.78 is 5.65. The van der Waals surface area contributed by atoms with E-state index < -0.39 is 0 Å². The number of aromatic nitrogens is 4. The minimum Gasteiger partial charge on any atom is -0.537 e. The molecule has 10 heteroatoms. The summed E-state index contributed by atoms with van der Waals surface area (Å²) in [5.41, 5.74) is 12.0. The van der Waals surface area contributed by atoms with Gasteiger partial charge in [-0.25, -0.2) is 19.9 Å². The van der Waals surface area contributed by atoms with Gasteiger partial charge in [-0.05, 0) is 71.8 Å². The Bertz CT molecular complexity index is 3040. The summed E-state index contributed by atoms with van der Waals surface area (Å²) >= 11 is 15.3. The highest BCUT2D eigenvalue weighted by Gasteiger charge is 2.13. The van der Waals surface area contributed by atoms with Crippen molar-refractivity contribution >= 4 is 46.8 Å². The minimum atomic E-state index is 0. The Kier molecular flexibility index (Phi) is 18.5. The van der Waals surface area contributed by atoms with Crippen LogP contribution in [0.3, 0.4) is 0 Å². The Morgan fingerprint density at radius 3 is 1.09 bits per heavy atom. The van der Waals surface area contributed by atoms with E-state index in [9.17, 15) is 0 Å². The predicted molar refractivity (Wildman–Crippen MR) is 288 cm³/mol. The molecule has 1 radical (unpaired) electrons. The molecule has 0 bridgehead atoms. The van der Waals surface area contributed by atoms with Crippen molar-refractivity contribution in [1.29, 1.82) is 0 Å². The number of benzene rings is 8. The predicted octanol–water partition coefficient (Wildman–Crippen LogP) is 16.6. The van der Waals surface area contributed by atoms with Crippen LogP contribution in [0, 0.1) is 0 Å². The van der Waals surface area contributed by atoms with Gasteiger partial charge in [-0.15, -0.1) is 0 Å². The second kappa shape index (κ2) is 25.1. The van der Waals surface area contributed by atoms with Gasteiger partial charge in [-0.3, -0.25) is 0 Å². The maximum Gasteiger partial charge on any atom is 0.569 e. The van der Waals surface area contributed by atoms with E-state index in [1.165, 1.54) is 0 Å². The van der Waals surface area contributed by atoms with E-state index in [-0.39, 0.29) is 14.9 Å². The van der Waals surface area contributed by atoms with Crippen molar-refractivity contribution in [2.75, 3.05) is 0 Å². The fourth-order valence-corrected chi connectivity index (χ4v) is 7.68. The molecule has 68 heavy (non-hydrogen) atoms. The topological polar surface area (TPSA) is 81.0 Å². The Labute approximate surface area is 418 Å². The molecule has 0 aliphatic rings. The molecule has 0 atom stereocenters. The summed E-state index contributed by atoms with van der Waals surface area (Å²) in [6.07, 6.45) is 0. The molecule has 8 aromatic carbocycles. The normalized spacial score (nSPS) is 10.1. The summed E-state index contributed by atoms with van der Waals surface area (Å²) in [6, 6.07) is 75.9. The van der Waals surface area contributed by atoms with Crippen LogP contribution in [-0.2, 0) is 0 Å². The van der Waals surface area contributed by atoms with E-state index in [1.807, 2.05) is 133 Å². The van der Waals surface area contributed by atoms with E-state index in [0.29, 0.717) is 24.3 Å². The third-order valence-corrected chi connectivity index (χ3v) is 11.0. The molecular formula is C58H47BBrCl2N4O2. The highest BCUT2D eigenvalue weighted by Crippen LogP contribution is 2.32. The Balaban J connectivity index is 0.000000185. The largest absolute Gasteiger partial charge is 0.569 e. The average molecular weight is 994 g/mol. The van der Waals surface area contributed by atoms with Gasteiger partial charge in [0.05, 0.1) is 22.8 Å². The van der Waals surface area contributed by atoms with Crippen LogP contribution in [0.1, 0.15) is 14.9 Å². The molecular weight excluding hydrogens is 946 g/mol. The monoisotopic (exact) mass is 991 g/mol. The first-order chi connectivity index (χ1) is 32.4. The van der Waals surface area contributed by atoms with Gasteiger partial charge >= 0.3 is 7.69 Å². The molecule has 0 aliphatic carbocycles. The second-order valence-corrected chi connectivity index (χ2v) is 16.5. The molecule has 1 N–H and O–H groups in total. The summed E-state index contributed by atoms with van der Waals surface area (Å²) in [6.45, 7) is 0. The molecule has 0 saturated carbocycles. The van der Waals surface area contributed by atoms with Gasteiger partial charge in [0.15, 0.2) is 11.6 Å². The van der Waals surface area contributed by atoms with E-state index in [0.717, 1.165) is 82.6 Å². The Morgan fingerprint density at radius 2 is 0.691 bits per heavy atom. The van der Waals surface area contributed by atoms with Crippen molar-refractivity contribution in [3.05, 3.63) is 245 Å². The van der Waals surface area contributed by atoms with Crippen LogP contribution in [0.2, 0.25) is 10.0 Å². The summed E-state index contributed by atoms with van der Waals surface area (Å²) in [4.78, 5) is 19.4. The van der Waals surface area contributed by atoms with Crippen LogP contribution in [0.5, 0.6) is 5.75 Å². The lowest BCUT2D eigenvalue weighted by Gasteiger charge is -2.10. The highest BCUT2D eigenvalue weighted by molar-refractivity contribution is 9.10.